The number of amides is 4. The molecule has 2 heterocycles. The molecule has 4 amide bonds. The van der Waals surface area contributed by atoms with Gasteiger partial charge in [0.1, 0.15) is 13.2 Å². The molecule has 0 aliphatic carbocycles. The van der Waals surface area contributed by atoms with E-state index < -0.39 is 24.5 Å². The second kappa shape index (κ2) is 11.6. The topological polar surface area (TPSA) is 123 Å². The molecule has 1 saturated heterocycles. The molecule has 0 atom stereocenters. The number of esters is 1. The van der Waals surface area contributed by atoms with Gasteiger partial charge < -0.3 is 24.4 Å². The Morgan fingerprint density at radius 1 is 0.971 bits per heavy atom. The molecule has 35 heavy (non-hydrogen) atoms. The number of benzene rings is 2. The molecular weight excluding hydrogens is 474 g/mol. The number of hydrogen-bond donors (Lipinski definition) is 2. The summed E-state index contributed by atoms with van der Waals surface area (Å²) in [7, 11) is 0. The first-order chi connectivity index (χ1) is 17.0. The van der Waals surface area contributed by atoms with E-state index in [1.807, 2.05) is 4.90 Å². The van der Waals surface area contributed by atoms with Crippen LogP contribution in [0.1, 0.15) is 23.2 Å². The van der Waals surface area contributed by atoms with Crippen LogP contribution in [-0.2, 0) is 14.3 Å². The number of anilines is 1. The highest BCUT2D eigenvalue weighted by Gasteiger charge is 2.20. The second-order valence-electron chi connectivity index (χ2n) is 7.81. The van der Waals surface area contributed by atoms with Crippen molar-refractivity contribution in [1.29, 1.82) is 0 Å². The Labute approximate surface area is 206 Å². The Hall–Kier alpha value is -3.73. The molecule has 2 aliphatic heterocycles. The van der Waals surface area contributed by atoms with Crippen molar-refractivity contribution >= 4 is 41.3 Å². The molecule has 4 rings (SSSR count). The summed E-state index contributed by atoms with van der Waals surface area (Å²) in [6.07, 6.45) is 2.02. The van der Waals surface area contributed by atoms with Gasteiger partial charge in [0.15, 0.2) is 18.1 Å². The van der Waals surface area contributed by atoms with E-state index in [0.717, 1.165) is 25.9 Å². The largest absolute Gasteiger partial charge is 0.486 e. The predicted octanol–water partition coefficient (Wildman–Crippen LogP) is 2.68. The summed E-state index contributed by atoms with van der Waals surface area (Å²) in [5.74, 6) is -0.201. The van der Waals surface area contributed by atoms with E-state index in [0.29, 0.717) is 35.3 Å². The molecule has 2 aliphatic rings. The quantitative estimate of drug-likeness (QED) is 0.440. The predicted molar refractivity (Wildman–Crippen MR) is 128 cm³/mol. The molecule has 0 unspecified atom stereocenters. The minimum absolute atomic E-state index is 0.0269. The van der Waals surface area contributed by atoms with Crippen LogP contribution >= 0.6 is 11.8 Å². The number of hydrogen-bond acceptors (Lipinski definition) is 8. The zero-order chi connectivity index (χ0) is 24.6. The van der Waals surface area contributed by atoms with Crippen LogP contribution in [0.5, 0.6) is 11.5 Å². The van der Waals surface area contributed by atoms with Gasteiger partial charge in [-0.05, 0) is 37.1 Å². The third-order valence-electron chi connectivity index (χ3n) is 5.30. The monoisotopic (exact) mass is 499 g/mol. The molecule has 0 saturated carbocycles. The fourth-order valence-electron chi connectivity index (χ4n) is 3.61. The lowest BCUT2D eigenvalue weighted by Crippen LogP contribution is -2.37. The van der Waals surface area contributed by atoms with Gasteiger partial charge in [0.05, 0.1) is 11.3 Å². The number of imide groups is 1. The van der Waals surface area contributed by atoms with Gasteiger partial charge in [-0.25, -0.2) is 9.59 Å². The normalized spacial score (nSPS) is 14.2. The molecule has 0 bridgehead atoms. The smallest absolute Gasteiger partial charge is 0.339 e. The van der Waals surface area contributed by atoms with Crippen molar-refractivity contribution in [3.05, 3.63) is 48.0 Å². The van der Waals surface area contributed by atoms with Crippen LogP contribution in [0.4, 0.5) is 10.5 Å². The Morgan fingerprint density at radius 2 is 1.71 bits per heavy atom. The number of thioether (sulfide) groups is 1. The first kappa shape index (κ1) is 24.4. The molecule has 0 radical (unpaired) electrons. The van der Waals surface area contributed by atoms with Crippen LogP contribution in [0.25, 0.3) is 0 Å². The van der Waals surface area contributed by atoms with Gasteiger partial charge in [0, 0.05) is 29.7 Å². The van der Waals surface area contributed by atoms with E-state index in [1.165, 1.54) is 11.8 Å². The molecule has 0 aromatic heterocycles. The van der Waals surface area contributed by atoms with Crippen LogP contribution in [0.2, 0.25) is 0 Å². The highest BCUT2D eigenvalue weighted by molar-refractivity contribution is 8.00. The average Bonchev–Trinajstić information content (AvgIpc) is 3.41. The third-order valence-corrected chi connectivity index (χ3v) is 6.36. The lowest BCUT2D eigenvalue weighted by molar-refractivity contribution is -0.127. The van der Waals surface area contributed by atoms with Crippen molar-refractivity contribution in [2.75, 3.05) is 44.0 Å². The van der Waals surface area contributed by atoms with Crippen molar-refractivity contribution in [3.8, 4) is 11.5 Å². The molecule has 2 aromatic carbocycles. The molecule has 0 spiro atoms. The van der Waals surface area contributed by atoms with Crippen molar-refractivity contribution in [3.63, 3.8) is 0 Å². The van der Waals surface area contributed by atoms with Crippen LogP contribution in [0.15, 0.2) is 47.4 Å². The Bertz CT molecular complexity index is 1120. The first-order valence-corrected chi connectivity index (χ1v) is 12.2. The fraction of sp³-hybridized carbons (Fsp3) is 0.333. The van der Waals surface area contributed by atoms with E-state index >= 15 is 0 Å². The molecular formula is C24H25N3O7S. The maximum atomic E-state index is 12.5. The summed E-state index contributed by atoms with van der Waals surface area (Å²) < 4.78 is 16.0. The van der Waals surface area contributed by atoms with Gasteiger partial charge in [0.2, 0.25) is 5.91 Å². The SMILES string of the molecule is O=C(COC(=O)c1ccccc1SCC(=O)N1CCCC1)NC(=O)Nc1ccc2c(c1)OCCO2. The number of fused-ring (bicyclic) bond motifs is 1. The number of carbonyl (C=O) groups excluding carboxylic acids is 4. The summed E-state index contributed by atoms with van der Waals surface area (Å²) >= 11 is 1.25. The molecule has 2 N–H and O–H groups in total. The maximum absolute atomic E-state index is 12.5. The number of ether oxygens (including phenoxy) is 3. The van der Waals surface area contributed by atoms with Crippen molar-refractivity contribution in [2.45, 2.75) is 17.7 Å². The Morgan fingerprint density at radius 3 is 2.51 bits per heavy atom. The van der Waals surface area contributed by atoms with Gasteiger partial charge in [-0.15, -0.1) is 11.8 Å². The second-order valence-corrected chi connectivity index (χ2v) is 8.83. The molecule has 184 valence electrons. The summed E-state index contributed by atoms with van der Waals surface area (Å²) in [4.78, 5) is 51.5. The number of rotatable bonds is 7. The minimum Gasteiger partial charge on any atom is -0.486 e. The number of nitrogens with one attached hydrogen (secondary N) is 2. The summed E-state index contributed by atoms with van der Waals surface area (Å²) in [5.41, 5.74) is 0.659. The van der Waals surface area contributed by atoms with E-state index in [4.69, 9.17) is 14.2 Å². The fourth-order valence-corrected chi connectivity index (χ4v) is 4.56. The van der Waals surface area contributed by atoms with E-state index in [2.05, 4.69) is 10.6 Å². The third kappa shape index (κ3) is 6.66. The van der Waals surface area contributed by atoms with Crippen molar-refractivity contribution < 1.29 is 33.4 Å². The Balaban J connectivity index is 1.25. The molecule has 2 aromatic rings. The van der Waals surface area contributed by atoms with Gasteiger partial charge >= 0.3 is 12.0 Å². The van der Waals surface area contributed by atoms with E-state index in [9.17, 15) is 19.2 Å². The van der Waals surface area contributed by atoms with Crippen LogP contribution in [-0.4, -0.2) is 67.4 Å². The number of likely N-dealkylation sites (tertiary alicyclic amines) is 1. The zero-order valence-corrected chi connectivity index (χ0v) is 19.7. The van der Waals surface area contributed by atoms with Crippen molar-refractivity contribution in [2.24, 2.45) is 0 Å². The zero-order valence-electron chi connectivity index (χ0n) is 18.9. The summed E-state index contributed by atoms with van der Waals surface area (Å²) in [5, 5.41) is 4.62. The molecule has 11 heteroatoms. The lowest BCUT2D eigenvalue weighted by Gasteiger charge is -2.19. The summed E-state index contributed by atoms with van der Waals surface area (Å²) in [6, 6.07) is 10.8. The first-order valence-electron chi connectivity index (χ1n) is 11.2. The summed E-state index contributed by atoms with van der Waals surface area (Å²) in [6.45, 7) is 1.75. The van der Waals surface area contributed by atoms with Gasteiger partial charge in [-0.2, -0.15) is 0 Å². The highest BCUT2D eigenvalue weighted by Crippen LogP contribution is 2.32. The molecule has 1 fully saturated rings. The van der Waals surface area contributed by atoms with Gasteiger partial charge in [-0.1, -0.05) is 12.1 Å². The van der Waals surface area contributed by atoms with E-state index in [1.54, 1.807) is 42.5 Å². The van der Waals surface area contributed by atoms with Crippen LogP contribution in [0.3, 0.4) is 0 Å². The number of carbonyl (C=O) groups is 4. The lowest BCUT2D eigenvalue weighted by atomic mass is 10.2. The van der Waals surface area contributed by atoms with Gasteiger partial charge in [-0.3, -0.25) is 14.9 Å². The van der Waals surface area contributed by atoms with E-state index in [-0.39, 0.29) is 17.2 Å². The minimum atomic E-state index is -0.789. The van der Waals surface area contributed by atoms with Crippen LogP contribution < -0.4 is 20.1 Å². The highest BCUT2D eigenvalue weighted by atomic mass is 32.2. The number of urea groups is 1. The standard InChI is InChI=1S/C24H25N3O7S/c28-21(26-24(31)25-16-7-8-18-19(13-16)33-12-11-32-18)14-34-23(30)17-5-1-2-6-20(17)35-15-22(29)27-9-3-4-10-27/h1-2,5-8,13H,3-4,9-12,14-15H2,(H2,25,26,28,31). The van der Waals surface area contributed by atoms with Gasteiger partial charge in [0.25, 0.3) is 5.91 Å². The Kier molecular flexibility index (Phi) is 8.09. The number of nitrogens with zero attached hydrogens (tertiary/aromatic N) is 1. The van der Waals surface area contributed by atoms with Crippen molar-refractivity contribution in [1.82, 2.24) is 10.2 Å². The average molecular weight is 500 g/mol. The van der Waals surface area contributed by atoms with Crippen LogP contribution in [0, 0.1) is 0 Å². The maximum Gasteiger partial charge on any atom is 0.339 e. The molecule has 10 nitrogen and oxygen atoms in total.